The fraction of sp³-hybridized carbons (Fsp3) is 0.222. The SMILES string of the molecule is Cc1c[c-]c(-c2ccc(C)cn2)cc1.Cc1c[c-]c(-c2nccc3oc(CC(C)(C)C)nc23)cc1-c1c(C)cc(-c2ccccc2)cc1C.[Ir]. The molecule has 4 aromatic carbocycles. The molecule has 0 atom stereocenters. The summed E-state index contributed by atoms with van der Waals surface area (Å²) in [5.74, 6) is 0.747. The Hall–Kier alpha value is -4.70. The quantitative estimate of drug-likeness (QED) is 0.162. The molecule has 0 saturated heterocycles. The first kappa shape index (κ1) is 36.6. The molecule has 0 unspecified atom stereocenters. The molecule has 7 aromatic rings. The summed E-state index contributed by atoms with van der Waals surface area (Å²) < 4.78 is 6.07. The van der Waals surface area contributed by atoms with Crippen LogP contribution in [0, 0.1) is 52.2 Å². The van der Waals surface area contributed by atoms with E-state index >= 15 is 0 Å². The van der Waals surface area contributed by atoms with Crippen molar-refractivity contribution in [3.63, 3.8) is 0 Å². The van der Waals surface area contributed by atoms with Gasteiger partial charge in [-0.3, -0.25) is 0 Å². The minimum Gasteiger partial charge on any atom is -0.441 e. The van der Waals surface area contributed by atoms with Crippen LogP contribution in [0.2, 0.25) is 0 Å². The largest absolute Gasteiger partial charge is 0.441 e. The van der Waals surface area contributed by atoms with Crippen molar-refractivity contribution < 1.29 is 24.5 Å². The maximum absolute atomic E-state index is 6.07. The molecule has 0 aliphatic rings. The molecule has 0 spiro atoms. The van der Waals surface area contributed by atoms with E-state index in [1.165, 1.54) is 50.1 Å². The molecule has 0 N–H and O–H groups in total. The Morgan fingerprint density at radius 1 is 0.680 bits per heavy atom. The summed E-state index contributed by atoms with van der Waals surface area (Å²) in [7, 11) is 0. The third-order valence-electron chi connectivity index (χ3n) is 8.51. The zero-order valence-electron chi connectivity index (χ0n) is 30.1. The minimum atomic E-state index is 0. The van der Waals surface area contributed by atoms with Gasteiger partial charge in [-0.05, 0) is 71.3 Å². The standard InChI is InChI=1S/C32H31N2O.C13H12N.Ir/c1-20-12-13-24(30-31-27(14-15-33-30)35-28(34-31)19-32(4,5)6)18-26(20)29-21(2)16-25(17-22(29)3)23-10-8-7-9-11-23;1-10-3-6-12(7-4-10)13-8-5-11(2)9-14-13;/h7-12,14-18H,19H2,1-6H3;3-6,8-9H,1-2H3;/q2*-1;. The van der Waals surface area contributed by atoms with Crippen LogP contribution < -0.4 is 0 Å². The number of pyridine rings is 2. The third-order valence-corrected chi connectivity index (χ3v) is 8.51. The van der Waals surface area contributed by atoms with Crippen molar-refractivity contribution in [2.45, 2.75) is 61.8 Å². The number of aromatic nitrogens is 3. The predicted octanol–water partition coefficient (Wildman–Crippen LogP) is 11.7. The van der Waals surface area contributed by atoms with Gasteiger partial charge in [0.2, 0.25) is 0 Å². The van der Waals surface area contributed by atoms with Crippen molar-refractivity contribution in [2.75, 3.05) is 0 Å². The molecule has 3 heterocycles. The third kappa shape index (κ3) is 8.53. The number of rotatable bonds is 5. The number of fused-ring (bicyclic) bond motifs is 1. The van der Waals surface area contributed by atoms with Crippen LogP contribution in [0.5, 0.6) is 0 Å². The van der Waals surface area contributed by atoms with Crippen LogP contribution in [0.25, 0.3) is 55.9 Å². The summed E-state index contributed by atoms with van der Waals surface area (Å²) in [5, 5.41) is 0. The average Bonchev–Trinajstić information content (AvgIpc) is 3.48. The summed E-state index contributed by atoms with van der Waals surface area (Å²) in [6.07, 6.45) is 4.45. The zero-order chi connectivity index (χ0) is 34.7. The molecule has 255 valence electrons. The average molecular weight is 834 g/mol. The molecule has 7 rings (SSSR count). The van der Waals surface area contributed by atoms with Crippen LogP contribution >= 0.6 is 0 Å². The monoisotopic (exact) mass is 834 g/mol. The van der Waals surface area contributed by atoms with E-state index in [4.69, 9.17) is 14.4 Å². The van der Waals surface area contributed by atoms with Gasteiger partial charge in [-0.15, -0.1) is 64.7 Å². The Labute approximate surface area is 310 Å². The maximum atomic E-state index is 6.07. The smallest absolute Gasteiger partial charge is 0.195 e. The molecular formula is C45H43IrN3O-2. The number of hydrogen-bond acceptors (Lipinski definition) is 4. The van der Waals surface area contributed by atoms with Gasteiger partial charge in [-0.25, -0.2) is 4.98 Å². The molecule has 0 saturated carbocycles. The number of hydrogen-bond donors (Lipinski definition) is 0. The van der Waals surface area contributed by atoms with Gasteiger partial charge < -0.3 is 14.4 Å². The minimum absolute atomic E-state index is 0. The van der Waals surface area contributed by atoms with E-state index in [0.717, 1.165) is 45.9 Å². The summed E-state index contributed by atoms with van der Waals surface area (Å²) >= 11 is 0. The Balaban J connectivity index is 0.000000271. The van der Waals surface area contributed by atoms with Crippen molar-refractivity contribution in [1.82, 2.24) is 15.0 Å². The molecule has 0 bridgehead atoms. The van der Waals surface area contributed by atoms with E-state index in [9.17, 15) is 0 Å². The molecule has 0 aliphatic heterocycles. The van der Waals surface area contributed by atoms with Crippen molar-refractivity contribution >= 4 is 11.1 Å². The number of nitrogens with zero attached hydrogens (tertiary/aromatic N) is 3. The molecular weight excluding hydrogens is 791 g/mol. The molecule has 0 aliphatic carbocycles. The van der Waals surface area contributed by atoms with Gasteiger partial charge in [0.15, 0.2) is 5.89 Å². The van der Waals surface area contributed by atoms with Crippen LogP contribution in [0.1, 0.15) is 54.5 Å². The molecule has 0 fully saturated rings. The summed E-state index contributed by atoms with van der Waals surface area (Å²) in [6, 6.07) is 38.1. The first-order valence-electron chi connectivity index (χ1n) is 16.8. The van der Waals surface area contributed by atoms with Crippen molar-refractivity contribution in [1.29, 1.82) is 0 Å². The number of benzene rings is 4. The van der Waals surface area contributed by atoms with Crippen molar-refractivity contribution in [2.24, 2.45) is 5.41 Å². The van der Waals surface area contributed by atoms with Gasteiger partial charge >= 0.3 is 0 Å². The molecule has 1 radical (unpaired) electrons. The molecule has 3 aromatic heterocycles. The van der Waals surface area contributed by atoms with E-state index < -0.39 is 0 Å². The van der Waals surface area contributed by atoms with Crippen LogP contribution in [0.4, 0.5) is 0 Å². The van der Waals surface area contributed by atoms with Crippen LogP contribution in [-0.4, -0.2) is 15.0 Å². The summed E-state index contributed by atoms with van der Waals surface area (Å²) in [4.78, 5) is 13.9. The Kier molecular flexibility index (Phi) is 11.3. The van der Waals surface area contributed by atoms with E-state index in [1.54, 1.807) is 6.20 Å². The second kappa shape index (κ2) is 15.5. The van der Waals surface area contributed by atoms with Gasteiger partial charge in [0.25, 0.3) is 0 Å². The van der Waals surface area contributed by atoms with Gasteiger partial charge in [-0.2, -0.15) is 0 Å². The molecule has 50 heavy (non-hydrogen) atoms. The summed E-state index contributed by atoms with van der Waals surface area (Å²) in [6.45, 7) is 17.2. The number of oxazole rings is 1. The summed E-state index contributed by atoms with van der Waals surface area (Å²) in [5.41, 5.74) is 16.5. The van der Waals surface area contributed by atoms with Gasteiger partial charge in [0, 0.05) is 44.6 Å². The van der Waals surface area contributed by atoms with Gasteiger partial charge in [0.1, 0.15) is 5.58 Å². The van der Waals surface area contributed by atoms with E-state index in [2.05, 4.69) is 132 Å². The topological polar surface area (TPSA) is 51.8 Å². The van der Waals surface area contributed by atoms with Crippen molar-refractivity contribution in [3.8, 4) is 44.8 Å². The Morgan fingerprint density at radius 3 is 2.02 bits per heavy atom. The van der Waals surface area contributed by atoms with Crippen LogP contribution in [0.3, 0.4) is 0 Å². The molecule has 5 heteroatoms. The molecule has 0 amide bonds. The first-order chi connectivity index (χ1) is 23.4. The molecule has 4 nitrogen and oxygen atoms in total. The first-order valence-corrected chi connectivity index (χ1v) is 16.8. The maximum Gasteiger partial charge on any atom is 0.195 e. The van der Waals surface area contributed by atoms with Crippen LogP contribution in [-0.2, 0) is 26.5 Å². The van der Waals surface area contributed by atoms with Gasteiger partial charge in [0.05, 0.1) is 5.52 Å². The van der Waals surface area contributed by atoms with E-state index in [0.29, 0.717) is 0 Å². The fourth-order valence-electron chi connectivity index (χ4n) is 6.07. The Bertz CT molecular complexity index is 2140. The fourth-order valence-corrected chi connectivity index (χ4v) is 6.07. The van der Waals surface area contributed by atoms with E-state index in [1.807, 2.05) is 37.4 Å². The predicted molar refractivity (Wildman–Crippen MR) is 202 cm³/mol. The van der Waals surface area contributed by atoms with Crippen molar-refractivity contribution in [3.05, 3.63) is 149 Å². The Morgan fingerprint density at radius 2 is 1.38 bits per heavy atom. The normalized spacial score (nSPS) is 11.1. The van der Waals surface area contributed by atoms with Gasteiger partial charge in [-0.1, -0.05) is 94.8 Å². The second-order valence-electron chi connectivity index (χ2n) is 14.1. The van der Waals surface area contributed by atoms with E-state index in [-0.39, 0.29) is 25.5 Å². The second-order valence-corrected chi connectivity index (χ2v) is 14.1. The number of aryl methyl sites for hydroxylation is 5. The van der Waals surface area contributed by atoms with Crippen LogP contribution in [0.15, 0.2) is 108 Å². The zero-order valence-corrected chi connectivity index (χ0v) is 32.5.